The lowest BCUT2D eigenvalue weighted by Gasteiger charge is -2.30. The fourth-order valence-corrected chi connectivity index (χ4v) is 13.5. The summed E-state index contributed by atoms with van der Waals surface area (Å²) in [5, 5.41) is 5.04. The molecule has 0 aliphatic heterocycles. The smallest absolute Gasteiger partial charge is 0.0725 e. The molecule has 2 N–H and O–H groups in total. The Kier molecular flexibility index (Phi) is 10.9. The van der Waals surface area contributed by atoms with E-state index in [-0.39, 0.29) is 18.3 Å². The van der Waals surface area contributed by atoms with Gasteiger partial charge in [-0.1, -0.05) is 266 Å². The summed E-state index contributed by atoms with van der Waals surface area (Å²) in [6.45, 7) is 0. The van der Waals surface area contributed by atoms with Crippen molar-refractivity contribution in [1.82, 2.24) is 0 Å². The fraction of sp³-hybridized carbons (Fsp3) is 0.0556. The quantitative estimate of drug-likeness (QED) is 0.172. The summed E-state index contributed by atoms with van der Waals surface area (Å²) in [4.78, 5) is 0. The molecule has 2 heteroatoms. The van der Waals surface area contributed by atoms with Gasteiger partial charge in [0, 0.05) is 10.2 Å². The Hall–Kier alpha value is -8.56. The molecule has 0 bridgehead atoms. The van der Waals surface area contributed by atoms with Crippen LogP contribution in [0.2, 0.25) is 0 Å². The van der Waals surface area contributed by atoms with Crippen LogP contribution in [-0.4, -0.2) is 0 Å². The van der Waals surface area contributed by atoms with Gasteiger partial charge >= 0.3 is 0 Å². The first-order valence-corrected chi connectivity index (χ1v) is 26.0. The SMILES string of the molecule is Brc1ccc2c(c1)C1(c3ccccc3-c3ccccc31)c1ccccc1-2.C.Nc1ccc2ccccc2c1.c1ccc2c(c1)-c1ccccc1C21c2ccccc2-c2ccc(Cc3ccc4ccccc4c3)cc21. The lowest BCUT2D eigenvalue weighted by atomic mass is 9.70. The summed E-state index contributed by atoms with van der Waals surface area (Å²) >= 11 is 3.72. The molecule has 0 heterocycles. The predicted molar refractivity (Wildman–Crippen MR) is 315 cm³/mol. The van der Waals surface area contributed by atoms with Crippen molar-refractivity contribution in [2.45, 2.75) is 24.7 Å². The third kappa shape index (κ3) is 6.75. The molecule has 0 radical (unpaired) electrons. The predicted octanol–water partition coefficient (Wildman–Crippen LogP) is 18.6. The van der Waals surface area contributed by atoms with E-state index in [4.69, 9.17) is 5.73 Å². The molecule has 4 aliphatic carbocycles. The van der Waals surface area contributed by atoms with Crippen molar-refractivity contribution in [3.63, 3.8) is 0 Å². The first-order valence-electron chi connectivity index (χ1n) is 25.3. The highest BCUT2D eigenvalue weighted by Crippen LogP contribution is 2.64. The van der Waals surface area contributed by atoms with Crippen LogP contribution in [0.5, 0.6) is 0 Å². The lowest BCUT2D eigenvalue weighted by molar-refractivity contribution is 0.792. The monoisotopic (exact) mass is 1010 g/mol. The standard InChI is InChI=1S/C36H24.C25H15Br.C10H9N.CH4/c1-2-10-27-22-24(17-19-26(27)9-1)21-25-18-20-31-30-13-5-8-16-34(30)36(35(31)23-25)32-14-6-3-11-28(32)29-12-4-7-15-33(29)36;26-16-13-14-20-19-9-3-6-12-23(19)25(24(20)15-16)21-10-4-1-7-17(21)18-8-2-5-11-22(18)25;11-10-6-5-8-3-1-2-4-9(8)7-10;/h1-20,22-23H,21H2;1-15H;1-7H,11H2;1H4. The molecule has 12 aromatic carbocycles. The van der Waals surface area contributed by atoms with Gasteiger partial charge in [0.25, 0.3) is 0 Å². The number of nitrogen functional groups attached to an aromatic ring is 1. The van der Waals surface area contributed by atoms with E-state index < -0.39 is 0 Å². The molecule has 1 nitrogen and oxygen atoms in total. The number of rotatable bonds is 2. The highest BCUT2D eigenvalue weighted by Gasteiger charge is 2.53. The van der Waals surface area contributed by atoms with Crippen LogP contribution in [-0.2, 0) is 17.3 Å². The molecule has 74 heavy (non-hydrogen) atoms. The summed E-state index contributed by atoms with van der Waals surface area (Å²) in [6, 6.07) is 97.2. The maximum absolute atomic E-state index is 5.62. The highest BCUT2D eigenvalue weighted by atomic mass is 79.9. The van der Waals surface area contributed by atoms with Gasteiger partial charge in [0.1, 0.15) is 0 Å². The molecule has 0 amide bonds. The van der Waals surface area contributed by atoms with E-state index in [1.54, 1.807) is 0 Å². The van der Waals surface area contributed by atoms with Crippen molar-refractivity contribution in [3.8, 4) is 44.5 Å². The molecule has 16 rings (SSSR count). The molecule has 0 unspecified atom stereocenters. The molecule has 352 valence electrons. The first kappa shape index (κ1) is 45.3. The van der Waals surface area contributed by atoms with E-state index in [1.165, 1.54) is 122 Å². The maximum atomic E-state index is 5.62. The largest absolute Gasteiger partial charge is 0.399 e. The van der Waals surface area contributed by atoms with Crippen LogP contribution in [0.25, 0.3) is 66.1 Å². The first-order chi connectivity index (χ1) is 36.0. The molecule has 0 aromatic heterocycles. The number of fused-ring (bicyclic) bond motifs is 22. The fourth-order valence-electron chi connectivity index (χ4n) is 13.1. The van der Waals surface area contributed by atoms with Crippen LogP contribution in [0, 0.1) is 0 Å². The third-order valence-corrected chi connectivity index (χ3v) is 16.5. The van der Waals surface area contributed by atoms with Gasteiger partial charge in [-0.05, 0) is 152 Å². The summed E-state index contributed by atoms with van der Waals surface area (Å²) in [6.07, 6.45) is 0.924. The zero-order valence-corrected chi connectivity index (χ0v) is 41.7. The zero-order chi connectivity index (χ0) is 48.7. The average Bonchev–Trinajstić information content (AvgIpc) is 4.17. The van der Waals surface area contributed by atoms with Crippen LogP contribution in [0.3, 0.4) is 0 Å². The van der Waals surface area contributed by atoms with Gasteiger partial charge in [-0.25, -0.2) is 0 Å². The second-order valence-corrected chi connectivity index (χ2v) is 20.7. The van der Waals surface area contributed by atoms with Gasteiger partial charge in [-0.2, -0.15) is 0 Å². The molecular formula is C72H52BrN. The number of anilines is 1. The molecule has 0 saturated carbocycles. The molecule has 0 saturated heterocycles. The van der Waals surface area contributed by atoms with Crippen LogP contribution >= 0.6 is 15.9 Å². The number of hydrogen-bond acceptors (Lipinski definition) is 1. The van der Waals surface area contributed by atoms with Crippen molar-refractivity contribution in [2.24, 2.45) is 0 Å². The van der Waals surface area contributed by atoms with Crippen molar-refractivity contribution >= 4 is 43.2 Å². The summed E-state index contributed by atoms with van der Waals surface area (Å²) in [7, 11) is 0. The highest BCUT2D eigenvalue weighted by molar-refractivity contribution is 9.10. The number of benzene rings is 12. The van der Waals surface area contributed by atoms with E-state index in [0.717, 1.165) is 16.6 Å². The van der Waals surface area contributed by atoms with Crippen molar-refractivity contribution in [3.05, 3.63) is 327 Å². The Balaban J connectivity index is 0.000000121. The maximum Gasteiger partial charge on any atom is 0.0725 e. The molecule has 2 spiro atoms. The third-order valence-electron chi connectivity index (χ3n) is 16.0. The van der Waals surface area contributed by atoms with Gasteiger partial charge in [0.15, 0.2) is 0 Å². The minimum Gasteiger partial charge on any atom is -0.399 e. The molecule has 0 fully saturated rings. The van der Waals surface area contributed by atoms with E-state index >= 15 is 0 Å². The van der Waals surface area contributed by atoms with Crippen molar-refractivity contribution in [2.75, 3.05) is 5.73 Å². The lowest BCUT2D eigenvalue weighted by Crippen LogP contribution is -2.26. The molecule has 4 aliphatic rings. The Morgan fingerprint density at radius 1 is 0.270 bits per heavy atom. The van der Waals surface area contributed by atoms with Gasteiger partial charge in [-0.15, -0.1) is 0 Å². The Bertz CT molecular complexity index is 4050. The second kappa shape index (κ2) is 17.9. The van der Waals surface area contributed by atoms with Crippen LogP contribution in [0.15, 0.2) is 271 Å². The van der Waals surface area contributed by atoms with Crippen LogP contribution < -0.4 is 5.73 Å². The van der Waals surface area contributed by atoms with Crippen molar-refractivity contribution in [1.29, 1.82) is 0 Å². The summed E-state index contributed by atoms with van der Waals surface area (Å²) < 4.78 is 1.13. The van der Waals surface area contributed by atoms with E-state index in [2.05, 4.69) is 253 Å². The number of hydrogen-bond donors (Lipinski definition) is 1. The van der Waals surface area contributed by atoms with E-state index in [9.17, 15) is 0 Å². The van der Waals surface area contributed by atoms with Gasteiger partial charge < -0.3 is 5.73 Å². The minimum absolute atomic E-state index is 0. The topological polar surface area (TPSA) is 26.0 Å². The molecule has 0 atom stereocenters. The Morgan fingerprint density at radius 2 is 0.581 bits per heavy atom. The summed E-state index contributed by atoms with van der Waals surface area (Å²) in [5.74, 6) is 0. The Morgan fingerprint density at radius 3 is 1.03 bits per heavy atom. The number of nitrogens with two attached hydrogens (primary N) is 1. The van der Waals surface area contributed by atoms with E-state index in [1.807, 2.05) is 30.3 Å². The molecule has 12 aromatic rings. The van der Waals surface area contributed by atoms with Crippen LogP contribution in [0.1, 0.15) is 63.1 Å². The van der Waals surface area contributed by atoms with Gasteiger partial charge in [-0.3, -0.25) is 0 Å². The minimum atomic E-state index is -0.265. The van der Waals surface area contributed by atoms with Crippen LogP contribution in [0.4, 0.5) is 5.69 Å². The average molecular weight is 1010 g/mol. The van der Waals surface area contributed by atoms with Gasteiger partial charge in [0.05, 0.1) is 10.8 Å². The Labute approximate surface area is 442 Å². The summed E-state index contributed by atoms with van der Waals surface area (Å²) in [5.41, 5.74) is 30.7. The number of halogens is 1. The second-order valence-electron chi connectivity index (χ2n) is 19.8. The molecular weight excluding hydrogens is 959 g/mol. The van der Waals surface area contributed by atoms with Crippen molar-refractivity contribution < 1.29 is 0 Å². The van der Waals surface area contributed by atoms with E-state index in [0.29, 0.717) is 0 Å². The zero-order valence-electron chi connectivity index (χ0n) is 40.1. The van der Waals surface area contributed by atoms with Gasteiger partial charge in [0.2, 0.25) is 0 Å². The normalized spacial score (nSPS) is 13.4.